The maximum Gasteiger partial charge on any atom is 0.251 e. The minimum absolute atomic E-state index is 0.199. The molecule has 2 rings (SSSR count). The molecule has 1 amide bonds. The van der Waals surface area contributed by atoms with Crippen molar-refractivity contribution in [2.24, 2.45) is 5.73 Å². The number of H-pyrrole nitrogens is 1. The zero-order valence-electron chi connectivity index (χ0n) is 8.83. The Labute approximate surface area is 104 Å². The maximum atomic E-state index is 13.9. The summed E-state index contributed by atoms with van der Waals surface area (Å²) >= 11 is 3.03. The maximum absolute atomic E-state index is 13.9. The molecule has 7 heteroatoms. The van der Waals surface area contributed by atoms with E-state index in [2.05, 4.69) is 25.9 Å². The summed E-state index contributed by atoms with van der Waals surface area (Å²) in [7, 11) is 1.33. The van der Waals surface area contributed by atoms with Gasteiger partial charge in [-0.05, 0) is 15.9 Å². The number of amides is 1. The van der Waals surface area contributed by atoms with E-state index < -0.39 is 17.8 Å². The van der Waals surface area contributed by atoms with E-state index in [-0.39, 0.29) is 9.86 Å². The van der Waals surface area contributed by atoms with Gasteiger partial charge < -0.3 is 15.5 Å². The normalized spacial score (nSPS) is 12.9. The minimum Gasteiger partial charge on any atom is -0.367 e. The quantitative estimate of drug-likeness (QED) is 0.904. The number of nitrogens with one attached hydrogen (secondary N) is 1. The van der Waals surface area contributed by atoms with Crippen molar-refractivity contribution in [2.75, 3.05) is 7.11 Å². The number of pyridine rings is 1. The number of hydrogen-bond acceptors (Lipinski definition) is 3. The van der Waals surface area contributed by atoms with E-state index in [1.165, 1.54) is 19.5 Å². The number of carbonyl (C=O) groups is 1. The smallest absolute Gasteiger partial charge is 0.251 e. The molecule has 1 atom stereocenters. The van der Waals surface area contributed by atoms with Crippen LogP contribution in [-0.4, -0.2) is 23.0 Å². The van der Waals surface area contributed by atoms with Crippen LogP contribution in [0.15, 0.2) is 16.9 Å². The molecule has 0 bridgehead atoms. The van der Waals surface area contributed by atoms with Crippen LogP contribution in [0.4, 0.5) is 4.39 Å². The van der Waals surface area contributed by atoms with Gasteiger partial charge in [-0.25, -0.2) is 9.37 Å². The predicted octanol–water partition coefficient (Wildman–Crippen LogP) is 1.64. The third kappa shape index (κ3) is 1.91. The van der Waals surface area contributed by atoms with E-state index in [0.29, 0.717) is 11.2 Å². The van der Waals surface area contributed by atoms with E-state index >= 15 is 0 Å². The lowest BCUT2D eigenvalue weighted by molar-refractivity contribution is -0.127. The van der Waals surface area contributed by atoms with Gasteiger partial charge in [0.1, 0.15) is 11.5 Å². The topological polar surface area (TPSA) is 81.0 Å². The van der Waals surface area contributed by atoms with Crippen LogP contribution in [0, 0.1) is 5.82 Å². The molecule has 0 aliphatic rings. The lowest BCUT2D eigenvalue weighted by atomic mass is 10.1. The highest BCUT2D eigenvalue weighted by atomic mass is 79.9. The zero-order chi connectivity index (χ0) is 12.6. The third-order valence-corrected chi connectivity index (χ3v) is 2.96. The number of rotatable bonds is 3. The van der Waals surface area contributed by atoms with Crippen molar-refractivity contribution in [3.05, 3.63) is 28.2 Å². The van der Waals surface area contributed by atoms with Crippen molar-refractivity contribution in [1.29, 1.82) is 0 Å². The Morgan fingerprint density at radius 2 is 2.41 bits per heavy atom. The van der Waals surface area contributed by atoms with Gasteiger partial charge in [-0.2, -0.15) is 0 Å². The van der Waals surface area contributed by atoms with Crippen LogP contribution in [0.2, 0.25) is 0 Å². The largest absolute Gasteiger partial charge is 0.367 e. The van der Waals surface area contributed by atoms with Gasteiger partial charge in [0.15, 0.2) is 6.10 Å². The third-order valence-electron chi connectivity index (χ3n) is 2.40. The Morgan fingerprint density at radius 3 is 3.00 bits per heavy atom. The summed E-state index contributed by atoms with van der Waals surface area (Å²) in [5.74, 6) is -1.19. The van der Waals surface area contributed by atoms with E-state index in [4.69, 9.17) is 10.5 Å². The molecule has 3 N–H and O–H groups in total. The van der Waals surface area contributed by atoms with Crippen LogP contribution < -0.4 is 5.73 Å². The molecule has 1 unspecified atom stereocenters. The number of aromatic nitrogens is 2. The Balaban J connectivity index is 2.70. The molecule has 90 valence electrons. The molecule has 0 radical (unpaired) electrons. The molecule has 0 aliphatic carbocycles. The van der Waals surface area contributed by atoms with Gasteiger partial charge in [0, 0.05) is 25.1 Å². The van der Waals surface area contributed by atoms with Crippen molar-refractivity contribution in [1.82, 2.24) is 9.97 Å². The Morgan fingerprint density at radius 1 is 1.71 bits per heavy atom. The number of ether oxygens (including phenoxy) is 1. The molecule has 2 heterocycles. The summed E-state index contributed by atoms with van der Waals surface area (Å²) < 4.78 is 19.1. The van der Waals surface area contributed by atoms with E-state index in [0.717, 1.165) is 0 Å². The number of methoxy groups -OCH3 is 1. The Kier molecular flexibility index (Phi) is 3.12. The summed E-state index contributed by atoms with van der Waals surface area (Å²) in [6, 6.07) is 0. The van der Waals surface area contributed by atoms with E-state index in [9.17, 15) is 9.18 Å². The number of nitrogens with two attached hydrogens (primary N) is 1. The molecule has 0 fully saturated rings. The number of nitrogens with zero attached hydrogens (tertiary/aromatic N) is 1. The second kappa shape index (κ2) is 4.42. The van der Waals surface area contributed by atoms with Crippen LogP contribution in [-0.2, 0) is 9.53 Å². The molecule has 2 aromatic heterocycles. The van der Waals surface area contributed by atoms with Crippen LogP contribution in [0.1, 0.15) is 11.7 Å². The summed E-state index contributed by atoms with van der Waals surface area (Å²) in [4.78, 5) is 18.0. The summed E-state index contributed by atoms with van der Waals surface area (Å²) in [6.07, 6.45) is 1.80. The first-order valence-corrected chi connectivity index (χ1v) is 5.48. The fourth-order valence-electron chi connectivity index (χ4n) is 1.66. The lowest BCUT2D eigenvalue weighted by Gasteiger charge is -2.10. The number of carbonyl (C=O) groups excluding carboxylic acids is 1. The summed E-state index contributed by atoms with van der Waals surface area (Å²) in [6.45, 7) is 0. The summed E-state index contributed by atoms with van der Waals surface area (Å²) in [5.41, 5.74) is 5.86. The van der Waals surface area contributed by atoms with Crippen LogP contribution in [0.5, 0.6) is 0 Å². The molecular weight excluding hydrogens is 293 g/mol. The molecule has 2 aromatic rings. The number of fused-ring (bicyclic) bond motifs is 1. The molecule has 0 aromatic carbocycles. The Bertz CT molecular complexity index is 584. The first-order valence-electron chi connectivity index (χ1n) is 4.69. The van der Waals surface area contributed by atoms with Gasteiger partial charge >= 0.3 is 0 Å². The number of halogens is 2. The van der Waals surface area contributed by atoms with Gasteiger partial charge in [0.25, 0.3) is 5.91 Å². The predicted molar refractivity (Wildman–Crippen MR) is 62.7 cm³/mol. The van der Waals surface area contributed by atoms with Gasteiger partial charge in [0.05, 0.1) is 9.86 Å². The molecule has 0 spiro atoms. The highest BCUT2D eigenvalue weighted by Gasteiger charge is 2.23. The first kappa shape index (κ1) is 12.0. The summed E-state index contributed by atoms with van der Waals surface area (Å²) in [5, 5.41) is 0.199. The van der Waals surface area contributed by atoms with Crippen LogP contribution >= 0.6 is 15.9 Å². The number of aromatic amines is 1. The van der Waals surface area contributed by atoms with Crippen molar-refractivity contribution in [2.45, 2.75) is 6.10 Å². The van der Waals surface area contributed by atoms with Crippen molar-refractivity contribution < 1.29 is 13.9 Å². The highest BCUT2D eigenvalue weighted by molar-refractivity contribution is 9.10. The van der Waals surface area contributed by atoms with Gasteiger partial charge in [0.2, 0.25) is 0 Å². The zero-order valence-corrected chi connectivity index (χ0v) is 10.4. The second-order valence-corrected chi connectivity index (χ2v) is 4.26. The van der Waals surface area contributed by atoms with Crippen molar-refractivity contribution in [3.8, 4) is 0 Å². The highest BCUT2D eigenvalue weighted by Crippen LogP contribution is 2.30. The van der Waals surface area contributed by atoms with Crippen molar-refractivity contribution in [3.63, 3.8) is 0 Å². The van der Waals surface area contributed by atoms with Crippen LogP contribution in [0.3, 0.4) is 0 Å². The molecular formula is C10H9BrFN3O2. The monoisotopic (exact) mass is 301 g/mol. The molecule has 0 saturated heterocycles. The average Bonchev–Trinajstić information content (AvgIpc) is 2.69. The van der Waals surface area contributed by atoms with E-state index in [1.54, 1.807) is 0 Å². The minimum atomic E-state index is -1.01. The lowest BCUT2D eigenvalue weighted by Crippen LogP contribution is -2.22. The van der Waals surface area contributed by atoms with Gasteiger partial charge in [-0.3, -0.25) is 4.79 Å². The standard InChI is InChI=1S/C10H9BrFN3O2/c1-17-8(9(13)16)4-2-14-10-6(4)7(12)5(11)3-15-10/h2-3,8H,1H3,(H2,13,16)(H,14,15). The number of hydrogen-bond donors (Lipinski definition) is 2. The second-order valence-electron chi connectivity index (χ2n) is 3.41. The number of primary amides is 1. The molecule has 17 heavy (non-hydrogen) atoms. The van der Waals surface area contributed by atoms with Crippen LogP contribution in [0.25, 0.3) is 11.0 Å². The Hall–Kier alpha value is -1.47. The van der Waals surface area contributed by atoms with Gasteiger partial charge in [-0.1, -0.05) is 0 Å². The molecule has 0 aliphatic heterocycles. The molecule has 0 saturated carbocycles. The van der Waals surface area contributed by atoms with Gasteiger partial charge in [-0.15, -0.1) is 0 Å². The molecule has 5 nitrogen and oxygen atoms in total. The van der Waals surface area contributed by atoms with E-state index in [1.807, 2.05) is 0 Å². The van der Waals surface area contributed by atoms with Crippen molar-refractivity contribution >= 4 is 32.9 Å². The fraction of sp³-hybridized carbons (Fsp3) is 0.200. The SMILES string of the molecule is COC(C(N)=O)c1c[nH]c2ncc(Br)c(F)c12. The first-order chi connectivity index (χ1) is 8.06. The fourth-order valence-corrected chi connectivity index (χ4v) is 1.96. The average molecular weight is 302 g/mol.